The molecule has 0 saturated carbocycles. The third-order valence-electron chi connectivity index (χ3n) is 0.948. The Hall–Kier alpha value is -0.730. The molecular formula is C5H12N2O. The van der Waals surface area contributed by atoms with Gasteiger partial charge in [-0.15, -0.1) is 0 Å². The van der Waals surface area contributed by atoms with Gasteiger partial charge in [0.05, 0.1) is 0 Å². The normalized spacial score (nSPS) is 11.6. The van der Waals surface area contributed by atoms with Crippen LogP contribution in [0.4, 0.5) is 0 Å². The second kappa shape index (κ2) is 3.29. The second-order valence-corrected chi connectivity index (χ2v) is 1.76. The van der Waals surface area contributed by atoms with Gasteiger partial charge in [-0.05, 0) is 0 Å². The largest absolute Gasteiger partial charge is 0.409 e. The molecule has 1 N–H and O–H groups in total. The molecule has 3 heteroatoms. The molecule has 0 radical (unpaired) electrons. The molecule has 0 amide bonds. The molecule has 0 aliphatic carbocycles. The summed E-state index contributed by atoms with van der Waals surface area (Å²) in [6.07, 6.45) is 0.767. The number of nitrogens with zero attached hydrogens (tertiary/aromatic N) is 2. The third-order valence-corrected chi connectivity index (χ3v) is 0.948. The van der Waals surface area contributed by atoms with E-state index in [2.05, 4.69) is 5.16 Å². The highest BCUT2D eigenvalue weighted by atomic mass is 16.4. The fourth-order valence-corrected chi connectivity index (χ4v) is 0.476. The molecule has 3 nitrogen and oxygen atoms in total. The van der Waals surface area contributed by atoms with Crippen LogP contribution in [0.1, 0.15) is 13.3 Å². The van der Waals surface area contributed by atoms with E-state index in [-0.39, 0.29) is 0 Å². The van der Waals surface area contributed by atoms with Crippen molar-refractivity contribution in [2.45, 2.75) is 13.3 Å². The first kappa shape index (κ1) is 7.27. The Morgan fingerprint density at radius 3 is 2.12 bits per heavy atom. The van der Waals surface area contributed by atoms with Crippen molar-refractivity contribution in [3.63, 3.8) is 0 Å². The average molecular weight is 116 g/mol. The Kier molecular flexibility index (Phi) is 2.99. The molecule has 0 aliphatic heterocycles. The van der Waals surface area contributed by atoms with Crippen molar-refractivity contribution in [2.24, 2.45) is 5.16 Å². The van der Waals surface area contributed by atoms with E-state index in [9.17, 15) is 0 Å². The van der Waals surface area contributed by atoms with Crippen molar-refractivity contribution in [3.05, 3.63) is 0 Å². The molecule has 0 spiro atoms. The number of rotatable bonds is 1. The maximum atomic E-state index is 8.24. The third kappa shape index (κ3) is 1.82. The fraction of sp³-hybridized carbons (Fsp3) is 0.800. The van der Waals surface area contributed by atoms with Gasteiger partial charge in [0.1, 0.15) is 5.84 Å². The number of amidine groups is 1. The Bertz CT molecular complexity index is 88.4. The molecule has 0 aromatic heterocycles. The van der Waals surface area contributed by atoms with Crippen molar-refractivity contribution in [2.75, 3.05) is 14.1 Å². The summed E-state index contributed by atoms with van der Waals surface area (Å²) in [4.78, 5) is 1.78. The minimum Gasteiger partial charge on any atom is -0.409 e. The van der Waals surface area contributed by atoms with Gasteiger partial charge in [-0.3, -0.25) is 0 Å². The lowest BCUT2D eigenvalue weighted by molar-refractivity contribution is 0.308. The first-order valence-corrected chi connectivity index (χ1v) is 2.60. The molecule has 8 heavy (non-hydrogen) atoms. The monoisotopic (exact) mass is 116 g/mol. The number of hydrogen-bond donors (Lipinski definition) is 1. The quantitative estimate of drug-likeness (QED) is 0.237. The summed E-state index contributed by atoms with van der Waals surface area (Å²) in [5.74, 6) is 0.699. The summed E-state index contributed by atoms with van der Waals surface area (Å²) in [5, 5.41) is 11.3. The van der Waals surface area contributed by atoms with E-state index in [1.807, 2.05) is 21.0 Å². The molecule has 0 unspecified atom stereocenters. The molecular weight excluding hydrogens is 104 g/mol. The van der Waals surface area contributed by atoms with Gasteiger partial charge in [0, 0.05) is 20.5 Å². The van der Waals surface area contributed by atoms with Crippen LogP contribution < -0.4 is 0 Å². The van der Waals surface area contributed by atoms with Crippen LogP contribution in [-0.4, -0.2) is 30.0 Å². The lowest BCUT2D eigenvalue weighted by Crippen LogP contribution is -2.20. The van der Waals surface area contributed by atoms with Crippen LogP contribution in [0, 0.1) is 0 Å². The molecule has 0 bridgehead atoms. The fourth-order valence-electron chi connectivity index (χ4n) is 0.476. The van der Waals surface area contributed by atoms with Crippen molar-refractivity contribution in [1.29, 1.82) is 0 Å². The average Bonchev–Trinajstić information content (AvgIpc) is 1.69. The van der Waals surface area contributed by atoms with Gasteiger partial charge >= 0.3 is 0 Å². The van der Waals surface area contributed by atoms with E-state index in [0.29, 0.717) is 5.84 Å². The van der Waals surface area contributed by atoms with E-state index < -0.39 is 0 Å². The zero-order valence-corrected chi connectivity index (χ0v) is 5.55. The van der Waals surface area contributed by atoms with Crippen LogP contribution in [0.3, 0.4) is 0 Å². The first-order chi connectivity index (χ1) is 3.72. The summed E-state index contributed by atoms with van der Waals surface area (Å²) in [6, 6.07) is 0. The van der Waals surface area contributed by atoms with Gasteiger partial charge in [0.25, 0.3) is 0 Å². The summed E-state index contributed by atoms with van der Waals surface area (Å²) in [5.41, 5.74) is 0. The van der Waals surface area contributed by atoms with Crippen LogP contribution in [0.2, 0.25) is 0 Å². The summed E-state index contributed by atoms with van der Waals surface area (Å²) in [7, 11) is 3.69. The van der Waals surface area contributed by atoms with Crippen LogP contribution in [0.5, 0.6) is 0 Å². The van der Waals surface area contributed by atoms with Gasteiger partial charge in [-0.2, -0.15) is 0 Å². The number of oxime groups is 1. The van der Waals surface area contributed by atoms with E-state index in [4.69, 9.17) is 5.21 Å². The molecule has 48 valence electrons. The summed E-state index contributed by atoms with van der Waals surface area (Å²) in [6.45, 7) is 1.94. The topological polar surface area (TPSA) is 35.8 Å². The van der Waals surface area contributed by atoms with E-state index >= 15 is 0 Å². The van der Waals surface area contributed by atoms with Crippen LogP contribution in [-0.2, 0) is 0 Å². The molecule has 0 heterocycles. The Morgan fingerprint density at radius 1 is 1.62 bits per heavy atom. The van der Waals surface area contributed by atoms with Gasteiger partial charge in [-0.1, -0.05) is 12.1 Å². The highest BCUT2D eigenvalue weighted by Crippen LogP contribution is 1.86. The zero-order chi connectivity index (χ0) is 6.57. The highest BCUT2D eigenvalue weighted by Gasteiger charge is 1.94. The van der Waals surface area contributed by atoms with Crippen molar-refractivity contribution >= 4 is 5.84 Å². The minimum atomic E-state index is 0.699. The molecule has 0 aromatic rings. The SMILES string of the molecule is CCC(=NO)N(C)C. The molecule has 0 aliphatic rings. The van der Waals surface area contributed by atoms with Crippen molar-refractivity contribution < 1.29 is 5.21 Å². The Labute approximate surface area is 49.6 Å². The van der Waals surface area contributed by atoms with Gasteiger partial charge < -0.3 is 10.1 Å². The maximum absolute atomic E-state index is 8.24. The summed E-state index contributed by atoms with van der Waals surface area (Å²) >= 11 is 0. The van der Waals surface area contributed by atoms with Crippen molar-refractivity contribution in [3.8, 4) is 0 Å². The Morgan fingerprint density at radius 2 is 2.12 bits per heavy atom. The molecule has 0 atom stereocenters. The van der Waals surface area contributed by atoms with Gasteiger partial charge in [0.15, 0.2) is 0 Å². The first-order valence-electron chi connectivity index (χ1n) is 2.60. The second-order valence-electron chi connectivity index (χ2n) is 1.76. The standard InChI is InChI=1S/C5H12N2O/c1-4-5(6-8)7(2)3/h8H,4H2,1-3H3. The highest BCUT2D eigenvalue weighted by molar-refractivity contribution is 5.80. The zero-order valence-electron chi connectivity index (χ0n) is 5.55. The van der Waals surface area contributed by atoms with Gasteiger partial charge in [-0.25, -0.2) is 0 Å². The van der Waals surface area contributed by atoms with E-state index in [1.165, 1.54) is 0 Å². The lowest BCUT2D eigenvalue weighted by atomic mass is 10.4. The number of hydrogen-bond acceptors (Lipinski definition) is 2. The van der Waals surface area contributed by atoms with Crippen LogP contribution >= 0.6 is 0 Å². The van der Waals surface area contributed by atoms with E-state index in [1.54, 1.807) is 4.90 Å². The van der Waals surface area contributed by atoms with Crippen LogP contribution in [0.25, 0.3) is 0 Å². The van der Waals surface area contributed by atoms with E-state index in [0.717, 1.165) is 6.42 Å². The molecule has 0 saturated heterocycles. The minimum absolute atomic E-state index is 0.699. The maximum Gasteiger partial charge on any atom is 0.143 e. The molecule has 0 aromatic carbocycles. The smallest absolute Gasteiger partial charge is 0.143 e. The van der Waals surface area contributed by atoms with Crippen molar-refractivity contribution in [1.82, 2.24) is 4.90 Å². The predicted molar refractivity (Wildman–Crippen MR) is 33.2 cm³/mol. The Balaban J connectivity index is 3.72. The summed E-state index contributed by atoms with van der Waals surface area (Å²) < 4.78 is 0. The molecule has 0 rings (SSSR count). The van der Waals surface area contributed by atoms with Gasteiger partial charge in [0.2, 0.25) is 0 Å². The lowest BCUT2D eigenvalue weighted by Gasteiger charge is -2.10. The predicted octanol–water partition coefficient (Wildman–Crippen LogP) is 0.746. The van der Waals surface area contributed by atoms with Crippen LogP contribution in [0.15, 0.2) is 5.16 Å². The molecule has 0 fully saturated rings.